The second-order valence-electron chi connectivity index (χ2n) is 0.943. The summed E-state index contributed by atoms with van der Waals surface area (Å²) >= 11 is 3.83. The lowest BCUT2D eigenvalue weighted by Gasteiger charge is -1.49. The summed E-state index contributed by atoms with van der Waals surface area (Å²) in [5, 5.41) is 0. The molecule has 0 aliphatic carbocycles. The van der Waals surface area contributed by atoms with Crippen molar-refractivity contribution in [1.82, 2.24) is 4.98 Å². The van der Waals surface area contributed by atoms with Crippen LogP contribution < -0.4 is 0 Å². The Labute approximate surface area is 51.3 Å². The molecule has 0 unspecified atom stereocenters. The molecule has 0 bridgehead atoms. The van der Waals surface area contributed by atoms with Gasteiger partial charge in [0, 0.05) is 12.4 Å². The third-order valence-corrected chi connectivity index (χ3v) is 0.496. The zero-order chi connectivity index (χ0) is 6.24. The number of H-pyrrole nitrogens is 1. The van der Waals surface area contributed by atoms with Gasteiger partial charge in [-0.3, -0.25) is 0 Å². The number of hydrogen-bond acceptors (Lipinski definition) is 1. The Balaban J connectivity index is 0.000000145. The molecular weight excluding hydrogens is 133 g/mol. The van der Waals surface area contributed by atoms with Gasteiger partial charge in [0.15, 0.2) is 0 Å². The summed E-state index contributed by atoms with van der Waals surface area (Å²) in [4.78, 5) is 2.86. The Hall–Kier alpha value is -0.540. The molecule has 1 rings (SSSR count). The SMILES string of the molecule is FOCl.c1cc[nH]c1. The fourth-order valence-corrected chi connectivity index (χ4v) is 0.278. The smallest absolute Gasteiger partial charge is 0.106 e. The van der Waals surface area contributed by atoms with E-state index in [1.807, 2.05) is 24.5 Å². The van der Waals surface area contributed by atoms with Gasteiger partial charge in [0.25, 0.3) is 0 Å². The fraction of sp³-hybridized carbons (Fsp3) is 0. The van der Waals surface area contributed by atoms with E-state index in [4.69, 9.17) is 0 Å². The number of aromatic nitrogens is 1. The Morgan fingerprint density at radius 3 is 1.88 bits per heavy atom. The van der Waals surface area contributed by atoms with Gasteiger partial charge in [-0.25, -0.2) is 0 Å². The normalized spacial score (nSPS) is 7.25. The monoisotopic (exact) mass is 137 g/mol. The second-order valence-corrected chi connectivity index (χ2v) is 1.06. The summed E-state index contributed by atoms with van der Waals surface area (Å²) in [6, 6.07) is 3.89. The van der Waals surface area contributed by atoms with Crippen molar-refractivity contribution >= 4 is 11.9 Å². The average molecular weight is 138 g/mol. The maximum absolute atomic E-state index is 9.56. The molecule has 8 heavy (non-hydrogen) atoms. The van der Waals surface area contributed by atoms with Gasteiger partial charge in [-0.05, 0) is 16.7 Å². The standard InChI is InChI=1S/C4H5N.ClFO/c1-2-4-5-3-1;1-3-2/h1-5H;. The van der Waals surface area contributed by atoms with E-state index in [-0.39, 0.29) is 0 Å². The second kappa shape index (κ2) is 6.46. The van der Waals surface area contributed by atoms with Gasteiger partial charge in [-0.1, -0.05) is 4.49 Å². The van der Waals surface area contributed by atoms with E-state index in [1.54, 1.807) is 0 Å². The maximum Gasteiger partial charge on any atom is 0.106 e. The van der Waals surface area contributed by atoms with Gasteiger partial charge in [0.1, 0.15) is 11.9 Å². The third kappa shape index (κ3) is 5.46. The first kappa shape index (κ1) is 7.46. The molecule has 1 heterocycles. The van der Waals surface area contributed by atoms with Crippen molar-refractivity contribution in [2.24, 2.45) is 0 Å². The molecule has 1 N–H and O–H groups in total. The number of halogens is 2. The lowest BCUT2D eigenvalue weighted by atomic mass is 10.7. The van der Waals surface area contributed by atoms with E-state index in [0.29, 0.717) is 0 Å². The zero-order valence-electron chi connectivity index (χ0n) is 3.97. The van der Waals surface area contributed by atoms with Crippen molar-refractivity contribution in [1.29, 1.82) is 0 Å². The van der Waals surface area contributed by atoms with Crippen LogP contribution in [0.25, 0.3) is 0 Å². The first-order valence-corrected chi connectivity index (χ1v) is 2.19. The predicted molar refractivity (Wildman–Crippen MR) is 28.8 cm³/mol. The highest BCUT2D eigenvalue weighted by atomic mass is 35.5. The van der Waals surface area contributed by atoms with Crippen molar-refractivity contribution in [3.05, 3.63) is 24.5 Å². The van der Waals surface area contributed by atoms with E-state index >= 15 is 0 Å². The first-order chi connectivity index (χ1) is 3.91. The van der Waals surface area contributed by atoms with Crippen LogP contribution in [0.4, 0.5) is 4.53 Å². The zero-order valence-corrected chi connectivity index (χ0v) is 4.73. The fourth-order valence-electron chi connectivity index (χ4n) is 0.278. The van der Waals surface area contributed by atoms with Crippen LogP contribution in [0.15, 0.2) is 24.5 Å². The molecule has 4 heteroatoms. The number of nitrogens with one attached hydrogen (secondary N) is 1. The van der Waals surface area contributed by atoms with E-state index in [2.05, 4.69) is 21.3 Å². The molecule has 0 atom stereocenters. The number of rotatable bonds is 0. The summed E-state index contributed by atoms with van der Waals surface area (Å²) in [6.45, 7) is 0. The van der Waals surface area contributed by atoms with Crippen LogP contribution in [-0.2, 0) is 4.49 Å². The van der Waals surface area contributed by atoms with Crippen LogP contribution >= 0.6 is 11.9 Å². The van der Waals surface area contributed by atoms with Crippen LogP contribution in [-0.4, -0.2) is 4.98 Å². The summed E-state index contributed by atoms with van der Waals surface area (Å²) in [6.07, 6.45) is 3.75. The third-order valence-electron chi connectivity index (χ3n) is 0.496. The van der Waals surface area contributed by atoms with Crippen molar-refractivity contribution in [2.45, 2.75) is 0 Å². The quantitative estimate of drug-likeness (QED) is 0.582. The Morgan fingerprint density at radius 2 is 1.75 bits per heavy atom. The predicted octanol–water partition coefficient (Wildman–Crippen LogP) is 2.06. The number of aromatic amines is 1. The molecular formula is C4H5ClFNO. The highest BCUT2D eigenvalue weighted by Gasteiger charge is 1.55. The molecule has 2 nitrogen and oxygen atoms in total. The molecule has 0 radical (unpaired) electrons. The minimum Gasteiger partial charge on any atom is -0.368 e. The van der Waals surface area contributed by atoms with Gasteiger partial charge in [-0.2, -0.15) is 0 Å². The van der Waals surface area contributed by atoms with Crippen molar-refractivity contribution < 1.29 is 9.02 Å². The minimum absolute atomic E-state index is 1.88. The summed E-state index contributed by atoms with van der Waals surface area (Å²) in [7, 11) is 0. The van der Waals surface area contributed by atoms with Crippen LogP contribution in [0.5, 0.6) is 0 Å². The van der Waals surface area contributed by atoms with Crippen LogP contribution in [0.3, 0.4) is 0 Å². The van der Waals surface area contributed by atoms with E-state index in [0.717, 1.165) is 0 Å². The Bertz CT molecular complexity index is 82.9. The number of hydrogen-bond donors (Lipinski definition) is 1. The van der Waals surface area contributed by atoms with Crippen LogP contribution in [0.1, 0.15) is 0 Å². The maximum atomic E-state index is 9.56. The van der Waals surface area contributed by atoms with Crippen molar-refractivity contribution in [3.8, 4) is 0 Å². The van der Waals surface area contributed by atoms with E-state index in [9.17, 15) is 4.53 Å². The highest BCUT2D eigenvalue weighted by Crippen LogP contribution is 1.72. The Morgan fingerprint density at radius 1 is 1.38 bits per heavy atom. The van der Waals surface area contributed by atoms with Gasteiger partial charge < -0.3 is 4.98 Å². The summed E-state index contributed by atoms with van der Waals surface area (Å²) in [5.41, 5.74) is 0. The highest BCUT2D eigenvalue weighted by molar-refractivity contribution is 6.06. The summed E-state index contributed by atoms with van der Waals surface area (Å²) < 4.78 is 11.8. The molecule has 1 aromatic rings. The van der Waals surface area contributed by atoms with Crippen LogP contribution in [0, 0.1) is 0 Å². The summed E-state index contributed by atoms with van der Waals surface area (Å²) in [5.74, 6) is 0. The molecule has 0 fully saturated rings. The molecule has 46 valence electrons. The van der Waals surface area contributed by atoms with Crippen molar-refractivity contribution in [3.63, 3.8) is 0 Å². The van der Waals surface area contributed by atoms with Gasteiger partial charge in [-0.15, -0.1) is 0 Å². The Kier molecular flexibility index (Phi) is 6.02. The van der Waals surface area contributed by atoms with E-state index in [1.165, 1.54) is 0 Å². The molecule has 0 saturated carbocycles. The first-order valence-electron chi connectivity index (χ1n) is 1.89. The molecule has 0 aliphatic heterocycles. The lowest BCUT2D eigenvalue weighted by Crippen LogP contribution is -1.38. The molecule has 0 spiro atoms. The molecule has 0 saturated heterocycles. The molecule has 0 amide bonds. The lowest BCUT2D eigenvalue weighted by molar-refractivity contribution is 0.00645. The minimum atomic E-state index is 1.88. The molecule has 0 aliphatic rings. The van der Waals surface area contributed by atoms with E-state index < -0.39 is 0 Å². The molecule has 0 aromatic carbocycles. The van der Waals surface area contributed by atoms with Crippen molar-refractivity contribution in [2.75, 3.05) is 0 Å². The van der Waals surface area contributed by atoms with Crippen LogP contribution in [0.2, 0.25) is 0 Å². The van der Waals surface area contributed by atoms with Gasteiger partial charge in [0.2, 0.25) is 0 Å². The average Bonchev–Trinajstić information content (AvgIpc) is 2.17. The van der Waals surface area contributed by atoms with Gasteiger partial charge >= 0.3 is 0 Å². The largest absolute Gasteiger partial charge is 0.368 e. The molecule has 1 aromatic heterocycles. The topological polar surface area (TPSA) is 25.0 Å². The van der Waals surface area contributed by atoms with Gasteiger partial charge in [0.05, 0.1) is 0 Å².